The SMILES string of the molecule is CNC(c1ccc(OC)cc1OC)C1CSCCN1C. The number of nitrogens with zero attached hydrogens (tertiary/aromatic N) is 1. The van der Waals surface area contributed by atoms with Crippen LogP contribution in [0.2, 0.25) is 0 Å². The Labute approximate surface area is 125 Å². The second-order valence-corrected chi connectivity index (χ2v) is 6.15. The highest BCUT2D eigenvalue weighted by atomic mass is 32.2. The maximum atomic E-state index is 5.55. The van der Waals surface area contributed by atoms with Gasteiger partial charge < -0.3 is 14.8 Å². The fourth-order valence-corrected chi connectivity index (χ4v) is 3.96. The van der Waals surface area contributed by atoms with Crippen molar-refractivity contribution in [1.29, 1.82) is 0 Å². The largest absolute Gasteiger partial charge is 0.497 e. The van der Waals surface area contributed by atoms with E-state index in [1.807, 2.05) is 30.9 Å². The van der Waals surface area contributed by atoms with E-state index in [-0.39, 0.29) is 6.04 Å². The summed E-state index contributed by atoms with van der Waals surface area (Å²) >= 11 is 2.02. The van der Waals surface area contributed by atoms with E-state index in [1.165, 1.54) is 11.3 Å². The second-order valence-electron chi connectivity index (χ2n) is 5.00. The molecule has 5 heteroatoms. The van der Waals surface area contributed by atoms with Crippen molar-refractivity contribution in [3.05, 3.63) is 23.8 Å². The van der Waals surface area contributed by atoms with E-state index in [0.717, 1.165) is 23.8 Å². The number of ether oxygens (including phenoxy) is 2. The summed E-state index contributed by atoms with van der Waals surface area (Å²) in [5.41, 5.74) is 1.19. The third kappa shape index (κ3) is 3.22. The van der Waals surface area contributed by atoms with E-state index < -0.39 is 0 Å². The Kier molecular flexibility index (Phi) is 5.57. The number of hydrogen-bond donors (Lipinski definition) is 1. The predicted octanol–water partition coefficient (Wildman–Crippen LogP) is 2.01. The van der Waals surface area contributed by atoms with E-state index >= 15 is 0 Å². The molecule has 0 spiro atoms. The molecule has 0 aliphatic carbocycles. The van der Waals surface area contributed by atoms with Gasteiger partial charge in [0.15, 0.2) is 0 Å². The number of thioether (sulfide) groups is 1. The lowest BCUT2D eigenvalue weighted by molar-refractivity contribution is 0.218. The van der Waals surface area contributed by atoms with Gasteiger partial charge in [0.1, 0.15) is 11.5 Å². The Hall–Kier alpha value is -0.910. The van der Waals surface area contributed by atoms with Crippen LogP contribution in [0.3, 0.4) is 0 Å². The smallest absolute Gasteiger partial charge is 0.127 e. The van der Waals surface area contributed by atoms with Gasteiger partial charge in [0.25, 0.3) is 0 Å². The van der Waals surface area contributed by atoms with Crippen molar-refractivity contribution in [3.63, 3.8) is 0 Å². The van der Waals surface area contributed by atoms with Gasteiger partial charge in [0.2, 0.25) is 0 Å². The Morgan fingerprint density at radius 3 is 2.75 bits per heavy atom. The van der Waals surface area contributed by atoms with Gasteiger partial charge >= 0.3 is 0 Å². The number of likely N-dealkylation sites (N-methyl/N-ethyl adjacent to an activating group) is 2. The van der Waals surface area contributed by atoms with Gasteiger partial charge in [0.05, 0.1) is 20.3 Å². The lowest BCUT2D eigenvalue weighted by atomic mass is 9.98. The molecule has 0 radical (unpaired) electrons. The molecule has 0 aromatic heterocycles. The van der Waals surface area contributed by atoms with Crippen molar-refractivity contribution in [2.24, 2.45) is 0 Å². The first-order valence-electron chi connectivity index (χ1n) is 6.88. The highest BCUT2D eigenvalue weighted by molar-refractivity contribution is 7.99. The Bertz CT molecular complexity index is 442. The zero-order valence-electron chi connectivity index (χ0n) is 12.7. The normalized spacial score (nSPS) is 21.5. The van der Waals surface area contributed by atoms with Gasteiger partial charge in [0, 0.05) is 35.7 Å². The quantitative estimate of drug-likeness (QED) is 0.899. The summed E-state index contributed by atoms with van der Waals surface area (Å²) in [4.78, 5) is 2.43. The van der Waals surface area contributed by atoms with Gasteiger partial charge in [-0.25, -0.2) is 0 Å². The number of nitrogens with one attached hydrogen (secondary N) is 1. The molecule has 20 heavy (non-hydrogen) atoms. The summed E-state index contributed by atoms with van der Waals surface area (Å²) in [5, 5.41) is 3.45. The Morgan fingerprint density at radius 2 is 2.15 bits per heavy atom. The van der Waals surface area contributed by atoms with E-state index in [2.05, 4.69) is 23.3 Å². The van der Waals surface area contributed by atoms with Crippen LogP contribution in [0.25, 0.3) is 0 Å². The van der Waals surface area contributed by atoms with Crippen molar-refractivity contribution >= 4 is 11.8 Å². The van der Waals surface area contributed by atoms with Crippen molar-refractivity contribution in [3.8, 4) is 11.5 Å². The van der Waals surface area contributed by atoms with Gasteiger partial charge in [-0.2, -0.15) is 11.8 Å². The molecule has 1 saturated heterocycles. The highest BCUT2D eigenvalue weighted by Crippen LogP contribution is 2.34. The molecule has 1 aliphatic rings. The Morgan fingerprint density at radius 1 is 1.35 bits per heavy atom. The first-order valence-corrected chi connectivity index (χ1v) is 8.04. The van der Waals surface area contributed by atoms with Crippen LogP contribution in [0.5, 0.6) is 11.5 Å². The van der Waals surface area contributed by atoms with Crippen LogP contribution in [0.1, 0.15) is 11.6 Å². The molecule has 112 valence electrons. The van der Waals surface area contributed by atoms with Crippen LogP contribution in [0.4, 0.5) is 0 Å². The summed E-state index contributed by atoms with van der Waals surface area (Å²) < 4.78 is 10.8. The van der Waals surface area contributed by atoms with Crippen LogP contribution in [0.15, 0.2) is 18.2 Å². The molecule has 2 atom stereocenters. The maximum absolute atomic E-state index is 5.55. The second kappa shape index (κ2) is 7.20. The average Bonchev–Trinajstić information content (AvgIpc) is 2.50. The molecule has 1 heterocycles. The molecule has 2 unspecified atom stereocenters. The van der Waals surface area contributed by atoms with E-state index in [0.29, 0.717) is 6.04 Å². The lowest BCUT2D eigenvalue weighted by Crippen LogP contribution is -2.47. The van der Waals surface area contributed by atoms with E-state index in [1.54, 1.807) is 14.2 Å². The van der Waals surface area contributed by atoms with Crippen molar-refractivity contribution in [1.82, 2.24) is 10.2 Å². The summed E-state index contributed by atoms with van der Waals surface area (Å²) in [6.07, 6.45) is 0. The molecule has 1 aliphatic heterocycles. The van der Waals surface area contributed by atoms with Crippen LogP contribution >= 0.6 is 11.8 Å². The van der Waals surface area contributed by atoms with Crippen LogP contribution < -0.4 is 14.8 Å². The minimum Gasteiger partial charge on any atom is -0.497 e. The first kappa shape index (κ1) is 15.5. The highest BCUT2D eigenvalue weighted by Gasteiger charge is 2.30. The first-order chi connectivity index (χ1) is 9.71. The average molecular weight is 296 g/mol. The maximum Gasteiger partial charge on any atom is 0.127 e. The zero-order valence-corrected chi connectivity index (χ0v) is 13.5. The molecular formula is C15H24N2O2S. The van der Waals surface area contributed by atoms with Gasteiger partial charge in [-0.05, 0) is 20.2 Å². The van der Waals surface area contributed by atoms with Crippen LogP contribution in [-0.4, -0.2) is 57.3 Å². The number of hydrogen-bond acceptors (Lipinski definition) is 5. The van der Waals surface area contributed by atoms with Crippen LogP contribution in [0, 0.1) is 0 Å². The molecule has 2 rings (SSSR count). The lowest BCUT2D eigenvalue weighted by Gasteiger charge is -2.38. The predicted molar refractivity (Wildman–Crippen MR) is 85.1 cm³/mol. The van der Waals surface area contributed by atoms with Crippen molar-refractivity contribution in [2.45, 2.75) is 12.1 Å². The van der Waals surface area contributed by atoms with Crippen molar-refractivity contribution in [2.75, 3.05) is 46.4 Å². The van der Waals surface area contributed by atoms with Gasteiger partial charge in [-0.1, -0.05) is 6.07 Å². The Balaban J connectivity index is 2.30. The summed E-state index contributed by atoms with van der Waals surface area (Å²) in [5.74, 6) is 4.06. The molecule has 4 nitrogen and oxygen atoms in total. The van der Waals surface area contributed by atoms with E-state index in [4.69, 9.17) is 9.47 Å². The summed E-state index contributed by atoms with van der Waals surface area (Å²) in [7, 11) is 7.60. The summed E-state index contributed by atoms with van der Waals surface area (Å²) in [6.45, 7) is 1.13. The molecule has 1 N–H and O–H groups in total. The molecule has 1 aromatic rings. The number of rotatable bonds is 5. The van der Waals surface area contributed by atoms with Gasteiger partial charge in [-0.3, -0.25) is 4.90 Å². The minimum atomic E-state index is 0.258. The standard InChI is InChI=1S/C15H24N2O2S/c1-16-15(13-10-20-8-7-17(13)2)12-6-5-11(18-3)9-14(12)19-4/h5-6,9,13,15-16H,7-8,10H2,1-4H3. The third-order valence-corrected chi connectivity index (χ3v) is 4.96. The third-order valence-electron chi connectivity index (χ3n) is 3.91. The zero-order chi connectivity index (χ0) is 14.5. The number of benzene rings is 1. The molecular weight excluding hydrogens is 272 g/mol. The van der Waals surface area contributed by atoms with Gasteiger partial charge in [-0.15, -0.1) is 0 Å². The number of methoxy groups -OCH3 is 2. The molecule has 1 aromatic carbocycles. The van der Waals surface area contributed by atoms with E-state index in [9.17, 15) is 0 Å². The molecule has 0 amide bonds. The van der Waals surface area contributed by atoms with Crippen molar-refractivity contribution < 1.29 is 9.47 Å². The fourth-order valence-electron chi connectivity index (χ4n) is 2.69. The minimum absolute atomic E-state index is 0.258. The summed E-state index contributed by atoms with van der Waals surface area (Å²) in [6, 6.07) is 6.79. The fraction of sp³-hybridized carbons (Fsp3) is 0.600. The molecule has 1 fully saturated rings. The topological polar surface area (TPSA) is 33.7 Å². The monoisotopic (exact) mass is 296 g/mol. The molecule has 0 bridgehead atoms. The molecule has 0 saturated carbocycles. The van der Waals surface area contributed by atoms with Crippen LogP contribution in [-0.2, 0) is 0 Å².